The fraction of sp³-hybridized carbons (Fsp3) is 0.200. The topological polar surface area (TPSA) is 18.5 Å². The zero-order valence-electron chi connectivity index (χ0n) is 10.7. The zero-order valence-corrected chi connectivity index (χ0v) is 12.3. The second-order valence-electron chi connectivity index (χ2n) is 4.18. The van der Waals surface area contributed by atoms with Gasteiger partial charge in [-0.15, -0.1) is 0 Å². The van der Waals surface area contributed by atoms with E-state index >= 15 is 0 Å². The van der Waals surface area contributed by atoms with Crippen LogP contribution >= 0.6 is 15.9 Å². The minimum atomic E-state index is -0.274. The number of halogens is 2. The zero-order chi connectivity index (χ0) is 13.8. The Morgan fingerprint density at radius 3 is 2.58 bits per heavy atom. The molecular formula is C15H14BrFO2. The van der Waals surface area contributed by atoms with Crippen LogP contribution in [0.15, 0.2) is 40.9 Å². The maximum Gasteiger partial charge on any atom is 0.161 e. The monoisotopic (exact) mass is 324 g/mol. The van der Waals surface area contributed by atoms with Crippen molar-refractivity contribution in [1.29, 1.82) is 0 Å². The van der Waals surface area contributed by atoms with Crippen LogP contribution in [0.3, 0.4) is 0 Å². The van der Waals surface area contributed by atoms with E-state index in [1.807, 2.05) is 25.1 Å². The largest absolute Gasteiger partial charge is 0.493 e. The van der Waals surface area contributed by atoms with Crippen molar-refractivity contribution in [2.24, 2.45) is 0 Å². The molecule has 0 aliphatic heterocycles. The summed E-state index contributed by atoms with van der Waals surface area (Å²) in [7, 11) is 1.61. The molecule has 0 saturated heterocycles. The standard InChI is InChI=1S/C15H14BrFO2/c1-10-3-6-14(15(7-10)18-2)19-9-11-4-5-12(17)8-13(11)16/h3-8H,9H2,1-2H3. The van der Waals surface area contributed by atoms with E-state index in [2.05, 4.69) is 15.9 Å². The van der Waals surface area contributed by atoms with E-state index in [1.165, 1.54) is 12.1 Å². The molecule has 2 aromatic carbocycles. The summed E-state index contributed by atoms with van der Waals surface area (Å²) in [5, 5.41) is 0. The predicted octanol–water partition coefficient (Wildman–Crippen LogP) is 4.48. The van der Waals surface area contributed by atoms with Crippen molar-refractivity contribution in [3.8, 4) is 11.5 Å². The van der Waals surface area contributed by atoms with Gasteiger partial charge in [0.05, 0.1) is 7.11 Å². The molecule has 0 aliphatic carbocycles. The Morgan fingerprint density at radius 2 is 1.89 bits per heavy atom. The van der Waals surface area contributed by atoms with Gasteiger partial charge in [0.15, 0.2) is 11.5 Å². The lowest BCUT2D eigenvalue weighted by atomic mass is 10.2. The van der Waals surface area contributed by atoms with Gasteiger partial charge in [-0.05, 0) is 36.8 Å². The van der Waals surface area contributed by atoms with Gasteiger partial charge in [-0.2, -0.15) is 0 Å². The average Bonchev–Trinajstić information content (AvgIpc) is 2.39. The Balaban J connectivity index is 2.14. The van der Waals surface area contributed by atoms with Crippen molar-refractivity contribution in [2.75, 3.05) is 7.11 Å². The van der Waals surface area contributed by atoms with Crippen molar-refractivity contribution in [1.82, 2.24) is 0 Å². The van der Waals surface area contributed by atoms with Crippen LogP contribution in [0.1, 0.15) is 11.1 Å². The van der Waals surface area contributed by atoms with Crippen molar-refractivity contribution < 1.29 is 13.9 Å². The van der Waals surface area contributed by atoms with Crippen molar-refractivity contribution in [2.45, 2.75) is 13.5 Å². The first-order valence-electron chi connectivity index (χ1n) is 5.81. The fourth-order valence-electron chi connectivity index (χ4n) is 1.69. The van der Waals surface area contributed by atoms with Gasteiger partial charge >= 0.3 is 0 Å². The highest BCUT2D eigenvalue weighted by molar-refractivity contribution is 9.10. The average molecular weight is 325 g/mol. The molecule has 0 amide bonds. The van der Waals surface area contributed by atoms with Crippen LogP contribution in [0.2, 0.25) is 0 Å². The van der Waals surface area contributed by atoms with Gasteiger partial charge in [0.2, 0.25) is 0 Å². The third-order valence-corrected chi connectivity index (χ3v) is 3.46. The highest BCUT2D eigenvalue weighted by atomic mass is 79.9. The highest BCUT2D eigenvalue weighted by Gasteiger charge is 2.07. The van der Waals surface area contributed by atoms with Gasteiger partial charge in [0.25, 0.3) is 0 Å². The van der Waals surface area contributed by atoms with Gasteiger partial charge in [-0.1, -0.05) is 28.1 Å². The van der Waals surface area contributed by atoms with E-state index in [9.17, 15) is 4.39 Å². The number of hydrogen-bond acceptors (Lipinski definition) is 2. The predicted molar refractivity (Wildman–Crippen MR) is 76.2 cm³/mol. The number of hydrogen-bond donors (Lipinski definition) is 0. The Labute approximate surface area is 120 Å². The normalized spacial score (nSPS) is 10.3. The second kappa shape index (κ2) is 6.06. The molecule has 0 aromatic heterocycles. The minimum absolute atomic E-state index is 0.274. The summed E-state index contributed by atoms with van der Waals surface area (Å²) in [4.78, 5) is 0. The number of aryl methyl sites for hydroxylation is 1. The molecule has 2 nitrogen and oxygen atoms in total. The number of methoxy groups -OCH3 is 1. The summed E-state index contributed by atoms with van der Waals surface area (Å²) in [5.74, 6) is 1.09. The molecule has 4 heteroatoms. The van der Waals surface area contributed by atoms with Crippen LogP contribution in [-0.2, 0) is 6.61 Å². The van der Waals surface area contributed by atoms with Crippen molar-refractivity contribution >= 4 is 15.9 Å². The third kappa shape index (κ3) is 3.47. The molecule has 0 N–H and O–H groups in total. The molecule has 0 radical (unpaired) electrons. The van der Waals surface area contributed by atoms with E-state index in [0.717, 1.165) is 11.1 Å². The van der Waals surface area contributed by atoms with Crippen LogP contribution in [0.4, 0.5) is 4.39 Å². The summed E-state index contributed by atoms with van der Waals surface area (Å²) < 4.78 is 24.7. The lowest BCUT2D eigenvalue weighted by Gasteiger charge is -2.12. The van der Waals surface area contributed by atoms with Crippen molar-refractivity contribution in [3.63, 3.8) is 0 Å². The SMILES string of the molecule is COc1cc(C)ccc1OCc1ccc(F)cc1Br. The molecule has 0 saturated carbocycles. The maximum absolute atomic E-state index is 13.0. The number of rotatable bonds is 4. The smallest absolute Gasteiger partial charge is 0.161 e. The summed E-state index contributed by atoms with van der Waals surface area (Å²) in [6.07, 6.45) is 0. The molecule has 100 valence electrons. The molecule has 0 bridgehead atoms. The molecule has 0 aliphatic rings. The fourth-order valence-corrected chi connectivity index (χ4v) is 2.15. The van der Waals surface area contributed by atoms with Crippen LogP contribution in [0.5, 0.6) is 11.5 Å². The van der Waals surface area contributed by atoms with Crippen LogP contribution in [0.25, 0.3) is 0 Å². The molecule has 0 spiro atoms. The Morgan fingerprint density at radius 1 is 1.11 bits per heavy atom. The summed E-state index contributed by atoms with van der Waals surface area (Å²) in [5.41, 5.74) is 1.98. The quantitative estimate of drug-likeness (QED) is 0.825. The van der Waals surface area contributed by atoms with Gasteiger partial charge in [-0.3, -0.25) is 0 Å². The Bertz CT molecular complexity index is 584. The van der Waals surface area contributed by atoms with Gasteiger partial charge in [0.1, 0.15) is 12.4 Å². The summed E-state index contributed by atoms with van der Waals surface area (Å²) >= 11 is 3.32. The van der Waals surface area contributed by atoms with E-state index in [4.69, 9.17) is 9.47 Å². The van der Waals surface area contributed by atoms with E-state index in [0.29, 0.717) is 22.6 Å². The van der Waals surface area contributed by atoms with Gasteiger partial charge in [0, 0.05) is 10.0 Å². The lowest BCUT2D eigenvalue weighted by molar-refractivity contribution is 0.283. The highest BCUT2D eigenvalue weighted by Crippen LogP contribution is 2.29. The number of benzene rings is 2. The molecule has 19 heavy (non-hydrogen) atoms. The summed E-state index contributed by atoms with van der Waals surface area (Å²) in [6.45, 7) is 2.34. The van der Waals surface area contributed by atoms with Crippen LogP contribution < -0.4 is 9.47 Å². The molecule has 2 aromatic rings. The lowest BCUT2D eigenvalue weighted by Crippen LogP contribution is -1.99. The van der Waals surface area contributed by atoms with Gasteiger partial charge < -0.3 is 9.47 Å². The second-order valence-corrected chi connectivity index (χ2v) is 5.03. The molecule has 0 heterocycles. The van der Waals surface area contributed by atoms with E-state index < -0.39 is 0 Å². The first kappa shape index (κ1) is 13.9. The van der Waals surface area contributed by atoms with E-state index in [-0.39, 0.29) is 5.82 Å². The maximum atomic E-state index is 13.0. The molecular weight excluding hydrogens is 311 g/mol. The third-order valence-electron chi connectivity index (χ3n) is 2.72. The van der Waals surface area contributed by atoms with Crippen LogP contribution in [-0.4, -0.2) is 7.11 Å². The molecule has 0 unspecified atom stereocenters. The van der Waals surface area contributed by atoms with E-state index in [1.54, 1.807) is 13.2 Å². The molecule has 0 atom stereocenters. The molecule has 0 fully saturated rings. The summed E-state index contributed by atoms with van der Waals surface area (Å²) in [6, 6.07) is 10.3. The minimum Gasteiger partial charge on any atom is -0.493 e. The van der Waals surface area contributed by atoms with Crippen molar-refractivity contribution in [3.05, 3.63) is 57.8 Å². The Kier molecular flexibility index (Phi) is 4.43. The first-order valence-corrected chi connectivity index (χ1v) is 6.61. The Hall–Kier alpha value is -1.55. The number of ether oxygens (including phenoxy) is 2. The molecule has 2 rings (SSSR count). The van der Waals surface area contributed by atoms with Gasteiger partial charge in [-0.25, -0.2) is 4.39 Å². The first-order chi connectivity index (χ1) is 9.10. The van der Waals surface area contributed by atoms with Crippen LogP contribution in [0, 0.1) is 12.7 Å².